The first kappa shape index (κ1) is 16.1. The zero-order valence-corrected chi connectivity index (χ0v) is 14.7. The van der Waals surface area contributed by atoms with Crippen LogP contribution in [-0.4, -0.2) is 22.8 Å². The smallest absolute Gasteiger partial charge is 0.261 e. The zero-order chi connectivity index (χ0) is 16.4. The summed E-state index contributed by atoms with van der Waals surface area (Å²) in [6.45, 7) is 3.92. The molecule has 1 aliphatic carbocycles. The molecular formula is C16H19N3O2S2. The molecule has 0 spiro atoms. The lowest BCUT2D eigenvalue weighted by molar-refractivity contribution is -0.117. The van der Waals surface area contributed by atoms with Gasteiger partial charge in [0.05, 0.1) is 10.6 Å². The Morgan fingerprint density at radius 1 is 1.43 bits per heavy atom. The van der Waals surface area contributed by atoms with Crippen LogP contribution in [0.2, 0.25) is 0 Å². The van der Waals surface area contributed by atoms with E-state index in [9.17, 15) is 9.59 Å². The fraction of sp³-hybridized carbons (Fsp3) is 0.438. The van der Waals surface area contributed by atoms with Crippen LogP contribution in [0.1, 0.15) is 40.5 Å². The van der Waals surface area contributed by atoms with Crippen molar-refractivity contribution in [3.63, 3.8) is 0 Å². The van der Waals surface area contributed by atoms with Gasteiger partial charge in [-0.15, -0.1) is 22.7 Å². The van der Waals surface area contributed by atoms with Crippen LogP contribution < -0.4 is 10.6 Å². The maximum atomic E-state index is 12.2. The number of aryl methyl sites for hydroxylation is 1. The van der Waals surface area contributed by atoms with E-state index in [0.29, 0.717) is 15.9 Å². The molecule has 2 atom stereocenters. The highest BCUT2D eigenvalue weighted by Gasteiger charge is 2.22. The van der Waals surface area contributed by atoms with E-state index in [-0.39, 0.29) is 11.8 Å². The lowest BCUT2D eigenvalue weighted by atomic mass is 9.93. The van der Waals surface area contributed by atoms with Crippen molar-refractivity contribution in [3.8, 4) is 0 Å². The van der Waals surface area contributed by atoms with Crippen molar-refractivity contribution in [2.24, 2.45) is 5.92 Å². The first-order valence-corrected chi connectivity index (χ1v) is 9.36. The summed E-state index contributed by atoms with van der Waals surface area (Å²) in [5.41, 5.74) is 1.11. The summed E-state index contributed by atoms with van der Waals surface area (Å²) in [7, 11) is 0. The molecule has 2 aromatic heterocycles. The maximum absolute atomic E-state index is 12.2. The number of nitrogens with one attached hydrogen (secondary N) is 2. The van der Waals surface area contributed by atoms with E-state index in [2.05, 4.69) is 22.5 Å². The first-order chi connectivity index (χ1) is 11.0. The lowest BCUT2D eigenvalue weighted by Crippen LogP contribution is -2.41. The summed E-state index contributed by atoms with van der Waals surface area (Å²) in [6.07, 6.45) is 3.17. The molecule has 0 saturated carbocycles. The zero-order valence-electron chi connectivity index (χ0n) is 13.1. The van der Waals surface area contributed by atoms with Crippen LogP contribution in [-0.2, 0) is 17.6 Å². The van der Waals surface area contributed by atoms with E-state index in [1.165, 1.54) is 16.2 Å². The minimum atomic E-state index is -0.607. The lowest BCUT2D eigenvalue weighted by Gasteiger charge is -2.15. The number of aromatic nitrogens is 1. The number of fused-ring (bicyclic) bond motifs is 1. The van der Waals surface area contributed by atoms with Crippen molar-refractivity contribution >= 4 is 39.6 Å². The number of rotatable bonds is 4. The second kappa shape index (κ2) is 6.80. The first-order valence-electron chi connectivity index (χ1n) is 7.66. The van der Waals surface area contributed by atoms with Crippen LogP contribution in [0.15, 0.2) is 17.5 Å². The van der Waals surface area contributed by atoms with E-state index in [0.717, 1.165) is 25.0 Å². The fourth-order valence-electron chi connectivity index (χ4n) is 2.55. The van der Waals surface area contributed by atoms with E-state index in [4.69, 9.17) is 0 Å². The quantitative estimate of drug-likeness (QED) is 0.891. The highest BCUT2D eigenvalue weighted by molar-refractivity contribution is 7.15. The fourth-order valence-corrected chi connectivity index (χ4v) is 4.35. The van der Waals surface area contributed by atoms with E-state index in [1.54, 1.807) is 24.3 Å². The third kappa shape index (κ3) is 3.79. The molecule has 2 N–H and O–H groups in total. The summed E-state index contributed by atoms with van der Waals surface area (Å²) < 4.78 is 0. The van der Waals surface area contributed by atoms with Gasteiger partial charge in [-0.2, -0.15) is 0 Å². The molecule has 2 heterocycles. The molecule has 3 rings (SSSR count). The summed E-state index contributed by atoms with van der Waals surface area (Å²) >= 11 is 2.90. The second-order valence-corrected chi connectivity index (χ2v) is 7.93. The van der Waals surface area contributed by atoms with Gasteiger partial charge in [0.2, 0.25) is 5.91 Å². The van der Waals surface area contributed by atoms with Gasteiger partial charge in [0, 0.05) is 4.88 Å². The topological polar surface area (TPSA) is 71.1 Å². The number of amides is 2. The van der Waals surface area contributed by atoms with Gasteiger partial charge in [0.25, 0.3) is 5.91 Å². The largest absolute Gasteiger partial charge is 0.340 e. The molecule has 1 aliphatic rings. The van der Waals surface area contributed by atoms with Crippen LogP contribution in [0, 0.1) is 5.92 Å². The number of hydrogen-bond acceptors (Lipinski definition) is 5. The second-order valence-electron chi connectivity index (χ2n) is 5.90. The standard InChI is InChI=1S/C16H19N3O2S2/c1-9-5-6-11-13(8-9)23-16(18-11)19-14(20)10(2)17-15(21)12-4-3-7-22-12/h3-4,7,9-10H,5-6,8H2,1-2H3,(H,17,21)(H,18,19,20)/t9-,10-/m1/s1. The van der Waals surface area contributed by atoms with Crippen LogP contribution in [0.3, 0.4) is 0 Å². The number of thiazole rings is 1. The predicted molar refractivity (Wildman–Crippen MR) is 93.2 cm³/mol. The molecule has 7 heteroatoms. The van der Waals surface area contributed by atoms with Gasteiger partial charge in [-0.1, -0.05) is 13.0 Å². The Balaban J connectivity index is 1.59. The molecule has 2 amide bonds. The highest BCUT2D eigenvalue weighted by atomic mass is 32.1. The average molecular weight is 349 g/mol. The van der Waals surface area contributed by atoms with Crippen LogP contribution in [0.25, 0.3) is 0 Å². The Bertz CT molecular complexity index is 709. The van der Waals surface area contributed by atoms with Crippen molar-refractivity contribution in [2.75, 3.05) is 5.32 Å². The minimum Gasteiger partial charge on any atom is -0.340 e. The molecule has 0 fully saturated rings. The van der Waals surface area contributed by atoms with Crippen LogP contribution in [0.4, 0.5) is 5.13 Å². The van der Waals surface area contributed by atoms with Crippen LogP contribution >= 0.6 is 22.7 Å². The van der Waals surface area contributed by atoms with E-state index >= 15 is 0 Å². The molecule has 0 aliphatic heterocycles. The molecule has 5 nitrogen and oxygen atoms in total. The molecule has 0 unspecified atom stereocenters. The third-order valence-electron chi connectivity index (χ3n) is 3.90. The average Bonchev–Trinajstić information content (AvgIpc) is 3.15. The van der Waals surface area contributed by atoms with Crippen molar-refractivity contribution < 1.29 is 9.59 Å². The number of carbonyl (C=O) groups excluding carboxylic acids is 2. The summed E-state index contributed by atoms with van der Waals surface area (Å²) in [6, 6.07) is 2.94. The Morgan fingerprint density at radius 3 is 3.00 bits per heavy atom. The Kier molecular flexibility index (Phi) is 4.77. The molecule has 2 aromatic rings. The highest BCUT2D eigenvalue weighted by Crippen LogP contribution is 2.32. The van der Waals surface area contributed by atoms with Gasteiger partial charge >= 0.3 is 0 Å². The molecular weight excluding hydrogens is 330 g/mol. The van der Waals surface area contributed by atoms with Crippen molar-refractivity contribution in [2.45, 2.75) is 39.2 Å². The SMILES string of the molecule is C[C@@H]1CCc2nc(NC(=O)[C@@H](C)NC(=O)c3cccs3)sc2C1. The Labute approximate surface area is 143 Å². The van der Waals surface area contributed by atoms with Gasteiger partial charge in [0.15, 0.2) is 5.13 Å². The normalized spacial score (nSPS) is 18.1. The van der Waals surface area contributed by atoms with Gasteiger partial charge in [-0.25, -0.2) is 4.98 Å². The number of carbonyl (C=O) groups is 2. The van der Waals surface area contributed by atoms with Gasteiger partial charge in [0.1, 0.15) is 6.04 Å². The Morgan fingerprint density at radius 2 is 2.26 bits per heavy atom. The van der Waals surface area contributed by atoms with Gasteiger partial charge < -0.3 is 10.6 Å². The van der Waals surface area contributed by atoms with Crippen molar-refractivity contribution in [1.29, 1.82) is 0 Å². The van der Waals surface area contributed by atoms with Gasteiger partial charge in [-0.3, -0.25) is 9.59 Å². The van der Waals surface area contributed by atoms with Crippen molar-refractivity contribution in [1.82, 2.24) is 10.3 Å². The van der Waals surface area contributed by atoms with E-state index in [1.807, 2.05) is 11.4 Å². The number of nitrogens with zero attached hydrogens (tertiary/aromatic N) is 1. The summed E-state index contributed by atoms with van der Waals surface area (Å²) in [4.78, 5) is 30.6. The molecule has 23 heavy (non-hydrogen) atoms. The van der Waals surface area contributed by atoms with Crippen LogP contribution in [0.5, 0.6) is 0 Å². The Hall–Kier alpha value is -1.73. The molecule has 0 saturated heterocycles. The number of thiophene rings is 1. The summed E-state index contributed by atoms with van der Waals surface area (Å²) in [5.74, 6) is 0.208. The maximum Gasteiger partial charge on any atom is 0.261 e. The number of anilines is 1. The van der Waals surface area contributed by atoms with E-state index < -0.39 is 6.04 Å². The molecule has 0 aromatic carbocycles. The molecule has 0 radical (unpaired) electrons. The molecule has 122 valence electrons. The van der Waals surface area contributed by atoms with Crippen molar-refractivity contribution in [3.05, 3.63) is 33.0 Å². The minimum absolute atomic E-state index is 0.227. The molecule has 0 bridgehead atoms. The summed E-state index contributed by atoms with van der Waals surface area (Å²) in [5, 5.41) is 7.99. The monoisotopic (exact) mass is 349 g/mol. The van der Waals surface area contributed by atoms with Gasteiger partial charge in [-0.05, 0) is 43.6 Å². The number of hydrogen-bond donors (Lipinski definition) is 2. The third-order valence-corrected chi connectivity index (χ3v) is 5.81. The predicted octanol–water partition coefficient (Wildman–Crippen LogP) is 3.09.